The SMILES string of the molecule is Cc1ccc(C(C)C)cc1OC(C)C(=N)N. The molecule has 0 aliphatic rings. The Morgan fingerprint density at radius 3 is 2.44 bits per heavy atom. The van der Waals surface area contributed by atoms with Crippen molar-refractivity contribution in [2.45, 2.75) is 39.7 Å². The molecular weight excluding hydrogens is 200 g/mol. The third-order valence-electron chi connectivity index (χ3n) is 2.62. The molecule has 0 fully saturated rings. The van der Waals surface area contributed by atoms with Crippen LogP contribution in [0.15, 0.2) is 18.2 Å². The van der Waals surface area contributed by atoms with Gasteiger partial charge in [-0.3, -0.25) is 5.41 Å². The van der Waals surface area contributed by atoms with Crippen LogP contribution in [0.25, 0.3) is 0 Å². The van der Waals surface area contributed by atoms with Crippen LogP contribution in [0.5, 0.6) is 5.75 Å². The Labute approximate surface area is 97.1 Å². The van der Waals surface area contributed by atoms with Crippen LogP contribution in [0.1, 0.15) is 37.8 Å². The predicted molar refractivity (Wildman–Crippen MR) is 67.3 cm³/mol. The summed E-state index contributed by atoms with van der Waals surface area (Å²) in [5, 5.41) is 7.31. The molecule has 0 spiro atoms. The summed E-state index contributed by atoms with van der Waals surface area (Å²) in [5.41, 5.74) is 7.69. The second-order valence-corrected chi connectivity index (χ2v) is 4.40. The summed E-state index contributed by atoms with van der Waals surface area (Å²) in [6.07, 6.45) is -0.374. The van der Waals surface area contributed by atoms with Gasteiger partial charge in [0, 0.05) is 0 Å². The maximum absolute atomic E-state index is 7.31. The minimum absolute atomic E-state index is 0.0503. The van der Waals surface area contributed by atoms with Gasteiger partial charge in [0.05, 0.1) is 0 Å². The smallest absolute Gasteiger partial charge is 0.152 e. The van der Waals surface area contributed by atoms with Crippen LogP contribution in [0.2, 0.25) is 0 Å². The van der Waals surface area contributed by atoms with E-state index in [2.05, 4.69) is 19.9 Å². The van der Waals surface area contributed by atoms with Gasteiger partial charge in [0.15, 0.2) is 6.10 Å². The second kappa shape index (κ2) is 5.01. The number of nitrogens with one attached hydrogen (secondary N) is 1. The standard InChI is InChI=1S/C13H20N2O/c1-8(2)11-6-5-9(3)12(7-11)16-10(4)13(14)15/h5-8,10H,1-4H3,(H3,14,15). The van der Waals surface area contributed by atoms with Crippen molar-refractivity contribution in [1.82, 2.24) is 0 Å². The Kier molecular flexibility index (Phi) is 3.93. The highest BCUT2D eigenvalue weighted by Crippen LogP contribution is 2.25. The van der Waals surface area contributed by atoms with E-state index >= 15 is 0 Å². The molecule has 0 heterocycles. The zero-order valence-corrected chi connectivity index (χ0v) is 10.4. The second-order valence-electron chi connectivity index (χ2n) is 4.40. The first kappa shape index (κ1) is 12.6. The Hall–Kier alpha value is -1.51. The molecule has 1 unspecified atom stereocenters. The number of ether oxygens (including phenoxy) is 1. The molecule has 3 heteroatoms. The molecule has 0 aromatic heterocycles. The zero-order valence-electron chi connectivity index (χ0n) is 10.4. The summed E-state index contributed by atoms with van der Waals surface area (Å²) >= 11 is 0. The summed E-state index contributed by atoms with van der Waals surface area (Å²) in [4.78, 5) is 0. The average molecular weight is 220 g/mol. The topological polar surface area (TPSA) is 59.1 Å². The highest BCUT2D eigenvalue weighted by Gasteiger charge is 2.10. The van der Waals surface area contributed by atoms with Crippen molar-refractivity contribution in [3.63, 3.8) is 0 Å². The van der Waals surface area contributed by atoms with Gasteiger partial charge in [-0.15, -0.1) is 0 Å². The van der Waals surface area contributed by atoms with Gasteiger partial charge in [0.25, 0.3) is 0 Å². The summed E-state index contributed by atoms with van der Waals surface area (Å²) < 4.78 is 5.65. The van der Waals surface area contributed by atoms with Gasteiger partial charge in [-0.1, -0.05) is 26.0 Å². The lowest BCUT2D eigenvalue weighted by Crippen LogP contribution is -2.30. The molecule has 0 aliphatic heterocycles. The number of benzene rings is 1. The van der Waals surface area contributed by atoms with Gasteiger partial charge in [-0.25, -0.2) is 0 Å². The van der Waals surface area contributed by atoms with Gasteiger partial charge in [0.1, 0.15) is 11.6 Å². The first-order valence-electron chi connectivity index (χ1n) is 5.53. The van der Waals surface area contributed by atoms with E-state index in [0.717, 1.165) is 11.3 Å². The summed E-state index contributed by atoms with van der Waals surface area (Å²) in [6.45, 7) is 8.06. The van der Waals surface area contributed by atoms with Gasteiger partial charge in [0.2, 0.25) is 0 Å². The lowest BCUT2D eigenvalue weighted by atomic mass is 10.0. The van der Waals surface area contributed by atoms with Gasteiger partial charge in [-0.05, 0) is 37.0 Å². The third kappa shape index (κ3) is 2.99. The molecule has 1 aromatic carbocycles. The molecule has 0 saturated carbocycles. The quantitative estimate of drug-likeness (QED) is 0.605. The van der Waals surface area contributed by atoms with Crippen molar-refractivity contribution in [3.05, 3.63) is 29.3 Å². The molecule has 1 aromatic rings. The molecule has 0 amide bonds. The van der Waals surface area contributed by atoms with Crippen molar-refractivity contribution in [2.24, 2.45) is 5.73 Å². The Balaban J connectivity index is 2.94. The number of amidine groups is 1. The monoisotopic (exact) mass is 220 g/mol. The maximum Gasteiger partial charge on any atom is 0.152 e. The van der Waals surface area contributed by atoms with Crippen molar-refractivity contribution >= 4 is 5.84 Å². The lowest BCUT2D eigenvalue weighted by Gasteiger charge is -2.17. The lowest BCUT2D eigenvalue weighted by molar-refractivity contribution is 0.282. The number of nitrogens with two attached hydrogens (primary N) is 1. The fraction of sp³-hybridized carbons (Fsp3) is 0.462. The molecule has 16 heavy (non-hydrogen) atoms. The highest BCUT2D eigenvalue weighted by atomic mass is 16.5. The van der Waals surface area contributed by atoms with Crippen LogP contribution in [-0.2, 0) is 0 Å². The minimum Gasteiger partial charge on any atom is -0.483 e. The fourth-order valence-corrected chi connectivity index (χ4v) is 1.36. The van der Waals surface area contributed by atoms with Crippen LogP contribution in [0.3, 0.4) is 0 Å². The minimum atomic E-state index is -0.374. The molecule has 1 atom stereocenters. The van der Waals surface area contributed by atoms with E-state index in [1.165, 1.54) is 5.56 Å². The number of rotatable bonds is 4. The summed E-state index contributed by atoms with van der Waals surface area (Å²) in [6, 6.07) is 6.17. The van der Waals surface area contributed by atoms with E-state index in [1.807, 2.05) is 19.1 Å². The Bertz CT molecular complexity index is 386. The van der Waals surface area contributed by atoms with Crippen LogP contribution < -0.4 is 10.5 Å². The third-order valence-corrected chi connectivity index (χ3v) is 2.62. The summed E-state index contributed by atoms with van der Waals surface area (Å²) in [5.74, 6) is 1.33. The predicted octanol–water partition coefficient (Wildman–Crippen LogP) is 2.82. The number of hydrogen-bond donors (Lipinski definition) is 2. The highest BCUT2D eigenvalue weighted by molar-refractivity contribution is 5.81. The molecule has 0 bridgehead atoms. The van der Waals surface area contributed by atoms with Crippen LogP contribution in [0.4, 0.5) is 0 Å². The van der Waals surface area contributed by atoms with Crippen molar-refractivity contribution in [1.29, 1.82) is 5.41 Å². The van der Waals surface area contributed by atoms with Crippen molar-refractivity contribution in [3.8, 4) is 5.75 Å². The van der Waals surface area contributed by atoms with Crippen LogP contribution in [-0.4, -0.2) is 11.9 Å². The fourth-order valence-electron chi connectivity index (χ4n) is 1.36. The van der Waals surface area contributed by atoms with Crippen LogP contribution in [0, 0.1) is 12.3 Å². The first-order chi connectivity index (χ1) is 7.41. The van der Waals surface area contributed by atoms with E-state index in [0.29, 0.717) is 5.92 Å². The number of aryl methyl sites for hydroxylation is 1. The molecular formula is C13H20N2O. The normalized spacial score (nSPS) is 12.6. The molecule has 3 N–H and O–H groups in total. The van der Waals surface area contributed by atoms with Crippen molar-refractivity contribution < 1.29 is 4.74 Å². The van der Waals surface area contributed by atoms with Crippen molar-refractivity contribution in [2.75, 3.05) is 0 Å². The van der Waals surface area contributed by atoms with E-state index in [1.54, 1.807) is 6.92 Å². The van der Waals surface area contributed by atoms with E-state index in [4.69, 9.17) is 15.9 Å². The van der Waals surface area contributed by atoms with E-state index < -0.39 is 0 Å². The largest absolute Gasteiger partial charge is 0.483 e. The molecule has 0 saturated heterocycles. The average Bonchev–Trinajstić information content (AvgIpc) is 2.20. The molecule has 0 aliphatic carbocycles. The van der Waals surface area contributed by atoms with E-state index in [9.17, 15) is 0 Å². The maximum atomic E-state index is 7.31. The molecule has 3 nitrogen and oxygen atoms in total. The molecule has 1 rings (SSSR count). The van der Waals surface area contributed by atoms with Gasteiger partial charge < -0.3 is 10.5 Å². The number of hydrogen-bond acceptors (Lipinski definition) is 2. The Morgan fingerprint density at radius 1 is 1.31 bits per heavy atom. The van der Waals surface area contributed by atoms with Gasteiger partial charge >= 0.3 is 0 Å². The van der Waals surface area contributed by atoms with Gasteiger partial charge in [-0.2, -0.15) is 0 Å². The van der Waals surface area contributed by atoms with E-state index in [-0.39, 0.29) is 11.9 Å². The summed E-state index contributed by atoms with van der Waals surface area (Å²) in [7, 11) is 0. The molecule has 0 radical (unpaired) electrons. The zero-order chi connectivity index (χ0) is 12.3. The Morgan fingerprint density at radius 2 is 1.94 bits per heavy atom. The molecule has 88 valence electrons. The first-order valence-corrected chi connectivity index (χ1v) is 5.53. The van der Waals surface area contributed by atoms with Crippen LogP contribution >= 0.6 is 0 Å².